The molecule has 1 aromatic rings. The van der Waals surface area contributed by atoms with Crippen molar-refractivity contribution in [1.82, 2.24) is 19.2 Å². The molecular weight excluding hydrogens is 368 g/mol. The lowest BCUT2D eigenvalue weighted by molar-refractivity contribution is -0.133. The third-order valence-electron chi connectivity index (χ3n) is 5.77. The van der Waals surface area contributed by atoms with Crippen LogP contribution in [0.1, 0.15) is 31.2 Å². The number of amides is 1. The molecule has 2 aliphatic rings. The first-order valence-corrected chi connectivity index (χ1v) is 11.2. The minimum Gasteiger partial charge on any atom is -0.383 e. The van der Waals surface area contributed by atoms with Gasteiger partial charge in [0.05, 0.1) is 12.9 Å². The predicted molar refractivity (Wildman–Crippen MR) is 100 cm³/mol. The van der Waals surface area contributed by atoms with Gasteiger partial charge in [0.25, 0.3) is 0 Å². The molecule has 0 saturated carbocycles. The van der Waals surface area contributed by atoms with Gasteiger partial charge in [-0.3, -0.25) is 4.79 Å². The van der Waals surface area contributed by atoms with Gasteiger partial charge in [-0.05, 0) is 36.7 Å². The molecule has 0 N–H and O–H groups in total. The average Bonchev–Trinajstić information content (AvgIpc) is 3.00. The van der Waals surface area contributed by atoms with Gasteiger partial charge >= 0.3 is 0 Å². The van der Waals surface area contributed by atoms with Crippen molar-refractivity contribution in [2.75, 3.05) is 39.6 Å². The van der Waals surface area contributed by atoms with Crippen LogP contribution in [0.25, 0.3) is 0 Å². The van der Waals surface area contributed by atoms with Crippen LogP contribution in [0, 0.1) is 5.41 Å². The van der Waals surface area contributed by atoms with Crippen molar-refractivity contribution >= 4 is 15.9 Å². The van der Waals surface area contributed by atoms with Crippen LogP contribution in [0.5, 0.6) is 0 Å². The highest BCUT2D eigenvalue weighted by molar-refractivity contribution is 7.88. The number of rotatable bonds is 6. The summed E-state index contributed by atoms with van der Waals surface area (Å²) in [5.41, 5.74) is 0.914. The molecule has 1 spiro atoms. The molecule has 1 amide bonds. The van der Waals surface area contributed by atoms with E-state index < -0.39 is 10.0 Å². The van der Waals surface area contributed by atoms with Crippen LogP contribution >= 0.6 is 0 Å². The molecule has 2 aliphatic heterocycles. The summed E-state index contributed by atoms with van der Waals surface area (Å²) in [5.74, 6) is 0.139. The van der Waals surface area contributed by atoms with E-state index in [2.05, 4.69) is 9.97 Å². The molecule has 0 aromatic carbocycles. The number of nitrogens with zero attached hydrogens (tertiary/aromatic N) is 4. The quantitative estimate of drug-likeness (QED) is 0.703. The number of likely N-dealkylation sites (tertiary alicyclic amines) is 1. The smallest absolute Gasteiger partial charge is 0.222 e. The van der Waals surface area contributed by atoms with Crippen molar-refractivity contribution in [3.63, 3.8) is 0 Å². The summed E-state index contributed by atoms with van der Waals surface area (Å²) in [5, 5.41) is 0. The summed E-state index contributed by atoms with van der Waals surface area (Å²) in [6.45, 7) is 2.31. The lowest BCUT2D eigenvalue weighted by Crippen LogP contribution is -2.44. The zero-order valence-corrected chi connectivity index (χ0v) is 16.8. The Morgan fingerprint density at radius 3 is 2.56 bits per heavy atom. The Morgan fingerprint density at radius 1 is 1.30 bits per heavy atom. The van der Waals surface area contributed by atoms with Crippen molar-refractivity contribution in [2.24, 2.45) is 5.41 Å². The van der Waals surface area contributed by atoms with E-state index in [1.54, 1.807) is 23.8 Å². The van der Waals surface area contributed by atoms with E-state index in [1.165, 1.54) is 12.6 Å². The van der Waals surface area contributed by atoms with Gasteiger partial charge in [0, 0.05) is 51.6 Å². The van der Waals surface area contributed by atoms with Crippen LogP contribution in [0.15, 0.2) is 18.7 Å². The van der Waals surface area contributed by atoms with E-state index in [4.69, 9.17) is 4.74 Å². The first kappa shape index (κ1) is 20.2. The molecule has 1 unspecified atom stereocenters. The average molecular weight is 397 g/mol. The summed E-state index contributed by atoms with van der Waals surface area (Å²) < 4.78 is 31.1. The Balaban J connectivity index is 1.55. The Morgan fingerprint density at radius 2 is 1.96 bits per heavy atom. The highest BCUT2D eigenvalue weighted by atomic mass is 32.2. The Hall–Kier alpha value is -1.58. The molecule has 0 aliphatic carbocycles. The van der Waals surface area contributed by atoms with Gasteiger partial charge in [-0.1, -0.05) is 0 Å². The van der Waals surface area contributed by atoms with Crippen LogP contribution in [0.4, 0.5) is 0 Å². The maximum absolute atomic E-state index is 12.5. The number of piperidine rings is 1. The number of hydrogen-bond donors (Lipinski definition) is 0. The molecule has 9 heteroatoms. The molecule has 150 valence electrons. The number of carbonyl (C=O) groups excluding carboxylic acids is 1. The summed E-state index contributed by atoms with van der Waals surface area (Å²) in [7, 11) is -1.66. The molecule has 1 aromatic heterocycles. The second kappa shape index (κ2) is 8.20. The first-order chi connectivity index (χ1) is 12.8. The lowest BCUT2D eigenvalue weighted by Gasteiger charge is -2.39. The van der Waals surface area contributed by atoms with Gasteiger partial charge in [-0.25, -0.2) is 18.4 Å². The maximum Gasteiger partial charge on any atom is 0.222 e. The fraction of sp³-hybridized carbons (Fsp3) is 0.722. The van der Waals surface area contributed by atoms with Crippen LogP contribution in [-0.2, 0) is 26.0 Å². The van der Waals surface area contributed by atoms with Crippen molar-refractivity contribution in [3.8, 4) is 0 Å². The van der Waals surface area contributed by atoms with Crippen LogP contribution in [0.2, 0.25) is 0 Å². The molecule has 0 radical (unpaired) electrons. The molecule has 3 rings (SSSR count). The third-order valence-corrected chi connectivity index (χ3v) is 7.05. The van der Waals surface area contributed by atoms with Gasteiger partial charge < -0.3 is 9.64 Å². The van der Waals surface area contributed by atoms with Crippen LogP contribution in [-0.4, -0.2) is 79.1 Å². The summed E-state index contributed by atoms with van der Waals surface area (Å²) in [4.78, 5) is 22.4. The van der Waals surface area contributed by atoms with Crippen molar-refractivity contribution in [2.45, 2.75) is 38.1 Å². The molecular formula is C18H28N4O4S. The molecule has 3 heterocycles. The fourth-order valence-electron chi connectivity index (χ4n) is 4.31. The molecule has 1 atom stereocenters. The second-order valence-corrected chi connectivity index (χ2v) is 9.68. The highest BCUT2D eigenvalue weighted by Crippen LogP contribution is 2.44. The number of carbonyl (C=O) groups is 1. The summed E-state index contributed by atoms with van der Waals surface area (Å²) in [6.07, 6.45) is 9.77. The van der Waals surface area contributed by atoms with Crippen molar-refractivity contribution in [3.05, 3.63) is 24.3 Å². The number of methoxy groups -OCH3 is 1. The molecule has 8 nitrogen and oxygen atoms in total. The zero-order chi connectivity index (χ0) is 19.5. The van der Waals surface area contributed by atoms with Gasteiger partial charge in [0.1, 0.15) is 6.33 Å². The Kier molecular flexibility index (Phi) is 6.12. The summed E-state index contributed by atoms with van der Waals surface area (Å²) in [6, 6.07) is -0.106. The van der Waals surface area contributed by atoms with E-state index in [-0.39, 0.29) is 17.4 Å². The lowest BCUT2D eigenvalue weighted by atomic mass is 9.76. The first-order valence-electron chi connectivity index (χ1n) is 9.30. The largest absolute Gasteiger partial charge is 0.383 e. The Bertz CT molecular complexity index is 748. The van der Waals surface area contributed by atoms with Crippen LogP contribution < -0.4 is 0 Å². The monoisotopic (exact) mass is 396 g/mol. The van der Waals surface area contributed by atoms with Crippen molar-refractivity contribution in [1.29, 1.82) is 0 Å². The second-order valence-electron chi connectivity index (χ2n) is 7.75. The minimum absolute atomic E-state index is 0.0453. The van der Waals surface area contributed by atoms with Gasteiger partial charge in [0.2, 0.25) is 15.9 Å². The van der Waals surface area contributed by atoms with Gasteiger partial charge in [-0.15, -0.1) is 0 Å². The SMILES string of the molecule is COCC1CC2(CCN(C(=O)CCc3cncnc3)CC2)CN1S(C)(=O)=O. The van der Waals surface area contributed by atoms with E-state index in [0.29, 0.717) is 39.1 Å². The zero-order valence-electron chi connectivity index (χ0n) is 16.0. The van der Waals surface area contributed by atoms with E-state index in [0.717, 1.165) is 24.8 Å². The summed E-state index contributed by atoms with van der Waals surface area (Å²) >= 11 is 0. The number of aryl methyl sites for hydroxylation is 1. The minimum atomic E-state index is -3.26. The highest BCUT2D eigenvalue weighted by Gasteiger charge is 2.48. The molecule has 2 fully saturated rings. The number of sulfonamides is 1. The molecule has 27 heavy (non-hydrogen) atoms. The Labute approximate surface area is 161 Å². The van der Waals surface area contributed by atoms with E-state index in [9.17, 15) is 13.2 Å². The maximum atomic E-state index is 12.5. The van der Waals surface area contributed by atoms with E-state index in [1.807, 2.05) is 4.90 Å². The topological polar surface area (TPSA) is 92.7 Å². The third kappa shape index (κ3) is 4.83. The van der Waals surface area contributed by atoms with Crippen molar-refractivity contribution < 1.29 is 17.9 Å². The van der Waals surface area contributed by atoms with Gasteiger partial charge in [0.15, 0.2) is 0 Å². The normalized spacial score (nSPS) is 23.0. The van der Waals surface area contributed by atoms with Crippen LogP contribution in [0.3, 0.4) is 0 Å². The van der Waals surface area contributed by atoms with E-state index >= 15 is 0 Å². The predicted octanol–water partition coefficient (Wildman–Crippen LogP) is 0.698. The number of hydrogen-bond acceptors (Lipinski definition) is 6. The number of aromatic nitrogens is 2. The fourth-order valence-corrected chi connectivity index (χ4v) is 5.49. The van der Waals surface area contributed by atoms with Gasteiger partial charge in [-0.2, -0.15) is 4.31 Å². The molecule has 2 saturated heterocycles. The molecule has 0 bridgehead atoms. The standard InChI is InChI=1S/C18H28N4O4S/c1-26-12-16-9-18(13-22(16)27(2,24)25)5-7-21(8-6-18)17(23)4-3-15-10-19-14-20-11-15/h10-11,14,16H,3-9,12-13H2,1-2H3. The number of ether oxygens (including phenoxy) is 1.